The third-order valence-electron chi connectivity index (χ3n) is 5.69. The normalized spacial score (nSPS) is 20.9. The van der Waals surface area contributed by atoms with E-state index in [9.17, 15) is 13.2 Å². The van der Waals surface area contributed by atoms with E-state index in [1.165, 1.54) is 22.9 Å². The Bertz CT molecular complexity index is 805. The van der Waals surface area contributed by atoms with Gasteiger partial charge in [-0.1, -0.05) is 45.7 Å². The zero-order valence-corrected chi connectivity index (χ0v) is 20.1. The number of unbranched alkanes of at least 4 members (excludes halogenated alkanes) is 1. The highest BCUT2D eigenvalue weighted by Crippen LogP contribution is 2.39. The van der Waals surface area contributed by atoms with Crippen LogP contribution in [0.3, 0.4) is 0 Å². The summed E-state index contributed by atoms with van der Waals surface area (Å²) in [4.78, 5) is 14.8. The number of hydrogen-bond donors (Lipinski definition) is 0. The highest BCUT2D eigenvalue weighted by atomic mass is 33.1. The molecule has 1 unspecified atom stereocenters. The summed E-state index contributed by atoms with van der Waals surface area (Å²) in [5.41, 5.74) is 2.65. The van der Waals surface area contributed by atoms with Crippen LogP contribution >= 0.6 is 21.6 Å². The second-order valence-corrected chi connectivity index (χ2v) is 12.7. The van der Waals surface area contributed by atoms with Crippen molar-refractivity contribution >= 4 is 37.5 Å². The van der Waals surface area contributed by atoms with Gasteiger partial charge in [-0.25, -0.2) is 8.42 Å². The van der Waals surface area contributed by atoms with E-state index in [0.29, 0.717) is 37.5 Å². The molecule has 0 N–H and O–H groups in total. The minimum atomic E-state index is -3.53. The first kappa shape index (κ1) is 23.0. The number of hydrogen-bond acceptors (Lipinski definition) is 5. The van der Waals surface area contributed by atoms with E-state index < -0.39 is 10.0 Å². The number of amides is 1. The molecule has 2 aliphatic rings. The minimum absolute atomic E-state index is 0.165. The molecule has 0 spiro atoms. The fourth-order valence-electron chi connectivity index (χ4n) is 4.25. The molecule has 1 aromatic rings. The van der Waals surface area contributed by atoms with Crippen molar-refractivity contribution in [3.63, 3.8) is 0 Å². The summed E-state index contributed by atoms with van der Waals surface area (Å²) in [6.45, 7) is 7.40. The second-order valence-electron chi connectivity index (χ2n) is 8.09. The lowest BCUT2D eigenvalue weighted by Crippen LogP contribution is -2.50. The summed E-state index contributed by atoms with van der Waals surface area (Å²) < 4.78 is 27.9. The summed E-state index contributed by atoms with van der Waals surface area (Å²) >= 11 is 0. The molecular weight excluding hydrogens is 424 g/mol. The summed E-state index contributed by atoms with van der Waals surface area (Å²) in [6.07, 6.45) is 5.10. The molecule has 29 heavy (non-hydrogen) atoms. The molecule has 0 aromatic heterocycles. The van der Waals surface area contributed by atoms with Gasteiger partial charge in [-0.05, 0) is 51.2 Å². The van der Waals surface area contributed by atoms with E-state index >= 15 is 0 Å². The largest absolute Gasteiger partial charge is 0.340 e. The van der Waals surface area contributed by atoms with E-state index in [4.69, 9.17) is 0 Å². The van der Waals surface area contributed by atoms with E-state index in [1.807, 2.05) is 59.4 Å². The Balaban J connectivity index is 1.50. The molecule has 2 heterocycles. The number of nitrogens with zero attached hydrogens (tertiary/aromatic N) is 2. The Morgan fingerprint density at radius 3 is 2.31 bits per heavy atom. The van der Waals surface area contributed by atoms with Crippen molar-refractivity contribution in [1.29, 1.82) is 0 Å². The lowest BCUT2D eigenvalue weighted by molar-refractivity contribution is -0.132. The predicted octanol–water partition coefficient (Wildman–Crippen LogP) is 4.16. The molecule has 0 aliphatic carbocycles. The molecule has 1 amide bonds. The van der Waals surface area contributed by atoms with E-state index in [-0.39, 0.29) is 5.91 Å². The van der Waals surface area contributed by atoms with Gasteiger partial charge in [-0.2, -0.15) is 4.31 Å². The van der Waals surface area contributed by atoms with Crippen LogP contribution in [0.2, 0.25) is 0 Å². The summed E-state index contributed by atoms with van der Waals surface area (Å²) in [5.74, 6) is 1.42. The van der Waals surface area contributed by atoms with Crippen LogP contribution in [0.4, 0.5) is 0 Å². The number of piperazine rings is 1. The van der Waals surface area contributed by atoms with Gasteiger partial charge in [-0.3, -0.25) is 4.79 Å². The smallest absolute Gasteiger partial charge is 0.243 e. The molecule has 2 fully saturated rings. The number of aryl methyl sites for hydroxylation is 3. The van der Waals surface area contributed by atoms with Crippen molar-refractivity contribution in [3.8, 4) is 0 Å². The molecule has 2 aliphatic heterocycles. The van der Waals surface area contributed by atoms with E-state index in [1.54, 1.807) is 0 Å². The Hall–Kier alpha value is -0.700. The molecular formula is C21H32N2O3S3. The van der Waals surface area contributed by atoms with Crippen molar-refractivity contribution < 1.29 is 13.2 Å². The van der Waals surface area contributed by atoms with Gasteiger partial charge in [0.1, 0.15) is 0 Å². The average Bonchev–Trinajstić information content (AvgIpc) is 3.17. The SMILES string of the molecule is Cc1cc(C)c(S(=O)(=O)N2CCN(C(=O)CCCCC3CCSS3)CC2)c(C)c1. The summed E-state index contributed by atoms with van der Waals surface area (Å²) in [5, 5.41) is 0.762. The van der Waals surface area contributed by atoms with Crippen molar-refractivity contribution in [3.05, 3.63) is 28.8 Å². The molecule has 3 rings (SSSR count). The van der Waals surface area contributed by atoms with Crippen LogP contribution in [-0.2, 0) is 14.8 Å². The van der Waals surface area contributed by atoms with Crippen molar-refractivity contribution in [2.45, 2.75) is 63.0 Å². The summed E-state index contributed by atoms with van der Waals surface area (Å²) in [7, 11) is 0.423. The molecule has 0 saturated carbocycles. The zero-order chi connectivity index (χ0) is 21.0. The van der Waals surface area contributed by atoms with Crippen LogP contribution in [-0.4, -0.2) is 60.7 Å². The van der Waals surface area contributed by atoms with Gasteiger partial charge in [0.15, 0.2) is 0 Å². The van der Waals surface area contributed by atoms with Gasteiger partial charge in [-0.15, -0.1) is 0 Å². The van der Waals surface area contributed by atoms with Crippen LogP contribution in [0.15, 0.2) is 17.0 Å². The van der Waals surface area contributed by atoms with Gasteiger partial charge < -0.3 is 4.90 Å². The highest BCUT2D eigenvalue weighted by Gasteiger charge is 2.32. The van der Waals surface area contributed by atoms with Crippen LogP contribution in [0, 0.1) is 20.8 Å². The third-order valence-corrected chi connectivity index (χ3v) is 10.9. The van der Waals surface area contributed by atoms with Gasteiger partial charge in [0, 0.05) is 43.6 Å². The quantitative estimate of drug-likeness (QED) is 0.455. The molecule has 162 valence electrons. The van der Waals surface area contributed by atoms with Crippen molar-refractivity contribution in [1.82, 2.24) is 9.21 Å². The predicted molar refractivity (Wildman–Crippen MR) is 123 cm³/mol. The lowest BCUT2D eigenvalue weighted by atomic mass is 10.1. The van der Waals surface area contributed by atoms with E-state index in [0.717, 1.165) is 34.8 Å². The molecule has 2 saturated heterocycles. The fourth-order valence-corrected chi connectivity index (χ4v) is 9.11. The van der Waals surface area contributed by atoms with Crippen molar-refractivity contribution in [2.75, 3.05) is 31.9 Å². The van der Waals surface area contributed by atoms with Gasteiger partial charge in [0.05, 0.1) is 4.90 Å². The Morgan fingerprint density at radius 1 is 1.07 bits per heavy atom. The molecule has 0 radical (unpaired) electrons. The first-order chi connectivity index (χ1) is 13.8. The molecule has 0 bridgehead atoms. The number of benzene rings is 1. The maximum absolute atomic E-state index is 13.2. The third kappa shape index (κ3) is 5.71. The minimum Gasteiger partial charge on any atom is -0.340 e. The number of carbonyl (C=O) groups excluding carboxylic acids is 1. The Labute approximate surface area is 183 Å². The van der Waals surface area contributed by atoms with Crippen LogP contribution < -0.4 is 0 Å². The van der Waals surface area contributed by atoms with Gasteiger partial charge in [0.2, 0.25) is 15.9 Å². The van der Waals surface area contributed by atoms with Crippen molar-refractivity contribution in [2.24, 2.45) is 0 Å². The Kier molecular flexibility index (Phi) is 7.98. The first-order valence-electron chi connectivity index (χ1n) is 10.4. The maximum atomic E-state index is 13.2. The maximum Gasteiger partial charge on any atom is 0.243 e. The molecule has 1 atom stereocenters. The van der Waals surface area contributed by atoms with Gasteiger partial charge >= 0.3 is 0 Å². The molecule has 5 nitrogen and oxygen atoms in total. The van der Waals surface area contributed by atoms with Crippen LogP contribution in [0.25, 0.3) is 0 Å². The van der Waals surface area contributed by atoms with Crippen LogP contribution in [0.5, 0.6) is 0 Å². The highest BCUT2D eigenvalue weighted by molar-refractivity contribution is 8.77. The second kappa shape index (κ2) is 10.1. The summed E-state index contributed by atoms with van der Waals surface area (Å²) in [6, 6.07) is 3.84. The Morgan fingerprint density at radius 2 is 1.72 bits per heavy atom. The average molecular weight is 457 g/mol. The monoisotopic (exact) mass is 456 g/mol. The topological polar surface area (TPSA) is 57.7 Å². The molecule has 1 aromatic carbocycles. The zero-order valence-electron chi connectivity index (χ0n) is 17.6. The number of sulfonamides is 1. The van der Waals surface area contributed by atoms with Gasteiger partial charge in [0.25, 0.3) is 0 Å². The van der Waals surface area contributed by atoms with Crippen LogP contribution in [0.1, 0.15) is 48.8 Å². The fraction of sp³-hybridized carbons (Fsp3) is 0.667. The number of rotatable bonds is 7. The molecule has 8 heteroatoms. The van der Waals surface area contributed by atoms with E-state index in [2.05, 4.69) is 0 Å². The standard InChI is InChI=1S/C21H32N2O3S3/c1-16-14-17(2)21(18(3)15-16)29(25,26)23-11-9-22(10-12-23)20(24)7-5-4-6-19-8-13-27-28-19/h14-15,19H,4-13H2,1-3H3. The first-order valence-corrected chi connectivity index (χ1v) is 14.3. The number of carbonyl (C=O) groups is 1. The lowest BCUT2D eigenvalue weighted by Gasteiger charge is -2.34.